The number of hydrogen-bond acceptors (Lipinski definition) is 9. The zero-order valence-electron chi connectivity index (χ0n) is 20.3. The van der Waals surface area contributed by atoms with Gasteiger partial charge in [0.25, 0.3) is 5.91 Å². The van der Waals surface area contributed by atoms with Gasteiger partial charge in [0, 0.05) is 31.0 Å². The number of carbonyl (C=O) groups excluding carboxylic acids is 1. The number of hydrogen-bond donors (Lipinski definition) is 3. The number of phenolic OH excluding ortho intramolecular Hbond substituents is 1. The fraction of sp³-hybridized carbons (Fsp3) is 0.120. The molecule has 0 aliphatic carbocycles. The standard InChI is InChI=1S/C25H21BrIN7O4S/c1-15-9-18(27)7-8-20(15)28-13-22-30-32-25(33(22)19-5-3-2-4-6-19)39-14-23(35)31-29-12-16-10-17(26)11-21(24(16)36)34(37)38/h2-12,28,36H,13-14H2,1H3,(H,31,35)/b29-12-. The number of benzene rings is 3. The number of nitrogens with one attached hydrogen (secondary N) is 2. The number of thioether (sulfide) groups is 1. The van der Waals surface area contributed by atoms with Crippen molar-refractivity contribution in [2.75, 3.05) is 11.1 Å². The molecule has 0 aliphatic heterocycles. The number of aromatic nitrogens is 3. The predicted octanol–water partition coefficient (Wildman–Crippen LogP) is 5.41. The second-order valence-electron chi connectivity index (χ2n) is 8.08. The van der Waals surface area contributed by atoms with Crippen molar-refractivity contribution >= 4 is 73.8 Å². The van der Waals surface area contributed by atoms with Crippen LogP contribution in [-0.2, 0) is 11.3 Å². The maximum atomic E-state index is 12.5. The number of halogens is 2. The SMILES string of the molecule is Cc1cc(I)ccc1NCc1nnc(SCC(=O)N/N=C\c2cc(Br)cc([N+](=O)[O-])c2O)n1-c1ccccc1. The predicted molar refractivity (Wildman–Crippen MR) is 162 cm³/mol. The number of aryl methyl sites for hydroxylation is 1. The highest BCUT2D eigenvalue weighted by Crippen LogP contribution is 2.32. The van der Waals surface area contributed by atoms with Gasteiger partial charge in [-0.25, -0.2) is 5.43 Å². The topological polar surface area (TPSA) is 148 Å². The Labute approximate surface area is 249 Å². The number of nitro groups is 1. The van der Waals surface area contributed by atoms with Gasteiger partial charge in [-0.15, -0.1) is 10.2 Å². The summed E-state index contributed by atoms with van der Waals surface area (Å²) in [5.74, 6) is -0.326. The van der Waals surface area contributed by atoms with Gasteiger partial charge >= 0.3 is 5.69 Å². The lowest BCUT2D eigenvalue weighted by Gasteiger charge is -2.12. The molecule has 3 aromatic carbocycles. The number of anilines is 1. The molecule has 0 spiro atoms. The van der Waals surface area contributed by atoms with Crippen LogP contribution in [0.2, 0.25) is 0 Å². The molecule has 0 unspecified atom stereocenters. The summed E-state index contributed by atoms with van der Waals surface area (Å²) < 4.78 is 3.42. The second-order valence-corrected chi connectivity index (χ2v) is 11.2. The number of phenols is 1. The molecule has 39 heavy (non-hydrogen) atoms. The van der Waals surface area contributed by atoms with Crippen LogP contribution in [0.5, 0.6) is 5.75 Å². The molecular weight excluding hydrogens is 701 g/mol. The van der Waals surface area contributed by atoms with Crippen molar-refractivity contribution in [1.29, 1.82) is 0 Å². The maximum Gasteiger partial charge on any atom is 0.312 e. The van der Waals surface area contributed by atoms with Crippen molar-refractivity contribution in [2.24, 2.45) is 5.10 Å². The summed E-state index contributed by atoms with van der Waals surface area (Å²) in [5.41, 5.74) is 4.92. The molecular formula is C25H21BrIN7O4S. The molecule has 0 saturated heterocycles. The van der Waals surface area contributed by atoms with Gasteiger partial charge in [0.2, 0.25) is 5.75 Å². The van der Waals surface area contributed by atoms with Crippen LogP contribution in [-0.4, -0.2) is 42.7 Å². The molecule has 1 amide bonds. The Balaban J connectivity index is 1.45. The summed E-state index contributed by atoms with van der Waals surface area (Å²) in [6.45, 7) is 2.46. The summed E-state index contributed by atoms with van der Waals surface area (Å²) >= 11 is 6.62. The number of carbonyl (C=O) groups is 1. The molecule has 0 atom stereocenters. The minimum absolute atomic E-state index is 0.0173. The smallest absolute Gasteiger partial charge is 0.312 e. The number of nitrogens with zero attached hydrogens (tertiary/aromatic N) is 5. The lowest BCUT2D eigenvalue weighted by atomic mass is 10.2. The molecule has 3 N–H and O–H groups in total. The highest BCUT2D eigenvalue weighted by atomic mass is 127. The van der Waals surface area contributed by atoms with Crippen molar-refractivity contribution in [2.45, 2.75) is 18.6 Å². The van der Waals surface area contributed by atoms with Crippen molar-refractivity contribution < 1.29 is 14.8 Å². The third-order valence-corrected chi connectivity index (χ3v) is 7.40. The van der Waals surface area contributed by atoms with E-state index in [0.29, 0.717) is 22.0 Å². The van der Waals surface area contributed by atoms with Gasteiger partial charge in [-0.3, -0.25) is 19.5 Å². The van der Waals surface area contributed by atoms with Gasteiger partial charge in [-0.1, -0.05) is 45.9 Å². The van der Waals surface area contributed by atoms with E-state index in [1.165, 1.54) is 23.9 Å². The van der Waals surface area contributed by atoms with Crippen LogP contribution >= 0.6 is 50.3 Å². The fourth-order valence-electron chi connectivity index (χ4n) is 3.52. The summed E-state index contributed by atoms with van der Waals surface area (Å²) in [6, 6.07) is 18.4. The highest BCUT2D eigenvalue weighted by molar-refractivity contribution is 14.1. The van der Waals surface area contributed by atoms with Crippen LogP contribution in [0.25, 0.3) is 5.69 Å². The van der Waals surface area contributed by atoms with Crippen LogP contribution in [0.3, 0.4) is 0 Å². The maximum absolute atomic E-state index is 12.5. The number of amides is 1. The van der Waals surface area contributed by atoms with E-state index in [2.05, 4.69) is 70.6 Å². The molecule has 0 fully saturated rings. The lowest BCUT2D eigenvalue weighted by molar-refractivity contribution is -0.385. The van der Waals surface area contributed by atoms with E-state index in [4.69, 9.17) is 0 Å². The van der Waals surface area contributed by atoms with E-state index in [9.17, 15) is 20.0 Å². The number of hydrazone groups is 1. The van der Waals surface area contributed by atoms with Crippen LogP contribution in [0.15, 0.2) is 75.4 Å². The molecule has 1 aromatic heterocycles. The average molecular weight is 722 g/mol. The summed E-state index contributed by atoms with van der Waals surface area (Å²) in [4.78, 5) is 22.9. The lowest BCUT2D eigenvalue weighted by Crippen LogP contribution is -2.20. The number of nitro benzene ring substituents is 1. The second kappa shape index (κ2) is 13.0. The zero-order valence-corrected chi connectivity index (χ0v) is 24.9. The van der Waals surface area contributed by atoms with E-state index in [1.807, 2.05) is 54.0 Å². The number of aromatic hydroxyl groups is 1. The van der Waals surface area contributed by atoms with E-state index in [0.717, 1.165) is 26.7 Å². The third-order valence-electron chi connectivity index (χ3n) is 5.35. The molecule has 0 radical (unpaired) electrons. The number of para-hydroxylation sites is 1. The Kier molecular flexibility index (Phi) is 9.53. The van der Waals surface area contributed by atoms with Gasteiger partial charge < -0.3 is 10.4 Å². The van der Waals surface area contributed by atoms with E-state index < -0.39 is 22.3 Å². The third kappa shape index (κ3) is 7.33. The fourth-order valence-corrected chi connectivity index (χ4v) is 5.40. The summed E-state index contributed by atoms with van der Waals surface area (Å²) in [7, 11) is 0. The van der Waals surface area contributed by atoms with Crippen LogP contribution in [0, 0.1) is 20.6 Å². The molecule has 1 heterocycles. The first-order valence-corrected chi connectivity index (χ1v) is 14.2. The number of rotatable bonds is 10. The molecule has 11 nitrogen and oxygen atoms in total. The Hall–Kier alpha value is -3.50. The Morgan fingerprint density at radius 1 is 1.23 bits per heavy atom. The molecule has 14 heteroatoms. The Bertz CT molecular complexity index is 1550. The molecule has 0 saturated carbocycles. The monoisotopic (exact) mass is 721 g/mol. The summed E-state index contributed by atoms with van der Waals surface area (Å²) in [6.07, 6.45) is 1.14. The van der Waals surface area contributed by atoms with Gasteiger partial charge in [0.15, 0.2) is 11.0 Å². The average Bonchev–Trinajstić information content (AvgIpc) is 3.31. The molecule has 0 bridgehead atoms. The first-order chi connectivity index (χ1) is 18.7. The van der Waals surface area contributed by atoms with Crippen LogP contribution in [0.1, 0.15) is 17.0 Å². The first-order valence-electron chi connectivity index (χ1n) is 11.3. The van der Waals surface area contributed by atoms with E-state index >= 15 is 0 Å². The van der Waals surface area contributed by atoms with Gasteiger partial charge in [-0.2, -0.15) is 5.10 Å². The molecule has 4 aromatic rings. The van der Waals surface area contributed by atoms with Gasteiger partial charge in [0.1, 0.15) is 0 Å². The normalized spacial score (nSPS) is 11.1. The Morgan fingerprint density at radius 2 is 2.00 bits per heavy atom. The largest absolute Gasteiger partial charge is 0.502 e. The van der Waals surface area contributed by atoms with Crippen LogP contribution < -0.4 is 10.7 Å². The quantitative estimate of drug-likeness (QED) is 0.0648. The van der Waals surface area contributed by atoms with Crippen molar-refractivity contribution in [3.8, 4) is 11.4 Å². The van der Waals surface area contributed by atoms with Crippen molar-refractivity contribution in [3.05, 3.63) is 95.8 Å². The van der Waals surface area contributed by atoms with E-state index in [-0.39, 0.29) is 11.3 Å². The highest BCUT2D eigenvalue weighted by Gasteiger charge is 2.18. The molecule has 0 aliphatic rings. The van der Waals surface area contributed by atoms with Crippen molar-refractivity contribution in [1.82, 2.24) is 20.2 Å². The minimum Gasteiger partial charge on any atom is -0.502 e. The van der Waals surface area contributed by atoms with Gasteiger partial charge in [-0.05, 0) is 71.5 Å². The first kappa shape index (κ1) is 28.5. The molecule has 200 valence electrons. The Morgan fingerprint density at radius 3 is 2.72 bits per heavy atom. The summed E-state index contributed by atoms with van der Waals surface area (Å²) in [5, 5.41) is 37.6. The van der Waals surface area contributed by atoms with Gasteiger partial charge in [0.05, 0.1) is 23.4 Å². The van der Waals surface area contributed by atoms with Crippen LogP contribution in [0.4, 0.5) is 11.4 Å². The minimum atomic E-state index is -0.707. The van der Waals surface area contributed by atoms with E-state index in [1.54, 1.807) is 0 Å². The zero-order chi connectivity index (χ0) is 27.9. The molecule has 4 rings (SSSR count). The van der Waals surface area contributed by atoms with Crippen molar-refractivity contribution in [3.63, 3.8) is 0 Å².